The van der Waals surface area contributed by atoms with E-state index in [2.05, 4.69) is 15.5 Å². The average Bonchev–Trinajstić information content (AvgIpc) is 2.88. The molecule has 0 aliphatic carbocycles. The quantitative estimate of drug-likeness (QED) is 0.470. The molecule has 0 spiro atoms. The zero-order valence-corrected chi connectivity index (χ0v) is 12.2. The van der Waals surface area contributed by atoms with Gasteiger partial charge in [0.25, 0.3) is 0 Å². The monoisotopic (exact) mass is 306 g/mol. The van der Waals surface area contributed by atoms with Gasteiger partial charge >= 0.3 is 5.97 Å². The minimum atomic E-state index is -0.967. The highest BCUT2D eigenvalue weighted by atomic mass is 32.2. The minimum Gasteiger partial charge on any atom is -0.493 e. The number of hydrogen-bond acceptors (Lipinski definition) is 6. The van der Waals surface area contributed by atoms with Gasteiger partial charge in [0.15, 0.2) is 0 Å². The van der Waals surface area contributed by atoms with E-state index in [1.165, 1.54) is 17.8 Å². The van der Waals surface area contributed by atoms with Gasteiger partial charge in [0, 0.05) is 18.9 Å². The standard InChI is InChI=1S/C13H14N4O3S/c1-17-13(14-15-16-17)21-9-8-20-11-5-2-10(3-6-11)4-7-12(18)19/h2-7H,8-9H2,1H3,(H,18,19). The normalized spacial score (nSPS) is 10.9. The first-order chi connectivity index (χ1) is 10.1. The second-order valence-electron chi connectivity index (χ2n) is 4.02. The molecule has 1 aromatic heterocycles. The van der Waals surface area contributed by atoms with Gasteiger partial charge in [-0.1, -0.05) is 23.9 Å². The number of carboxylic acids is 1. The summed E-state index contributed by atoms with van der Waals surface area (Å²) in [5, 5.41) is 20.4. The third kappa shape index (κ3) is 4.92. The number of thioether (sulfide) groups is 1. The SMILES string of the molecule is Cn1nnnc1SCCOc1ccc(C=CC(=O)O)cc1. The summed E-state index contributed by atoms with van der Waals surface area (Å²) in [6.45, 7) is 0.530. The van der Waals surface area contributed by atoms with Gasteiger partial charge in [-0.3, -0.25) is 0 Å². The van der Waals surface area contributed by atoms with Gasteiger partial charge < -0.3 is 9.84 Å². The Morgan fingerprint density at radius 3 is 2.81 bits per heavy atom. The molecule has 1 heterocycles. The van der Waals surface area contributed by atoms with Crippen molar-refractivity contribution in [2.75, 3.05) is 12.4 Å². The number of aryl methyl sites for hydroxylation is 1. The molecule has 0 atom stereocenters. The highest BCUT2D eigenvalue weighted by molar-refractivity contribution is 7.99. The summed E-state index contributed by atoms with van der Waals surface area (Å²) in [4.78, 5) is 10.4. The van der Waals surface area contributed by atoms with Crippen molar-refractivity contribution in [1.82, 2.24) is 20.2 Å². The number of aliphatic carboxylic acids is 1. The Balaban J connectivity index is 1.76. The van der Waals surface area contributed by atoms with Crippen molar-refractivity contribution < 1.29 is 14.6 Å². The molecule has 0 aliphatic rings. The van der Waals surface area contributed by atoms with Crippen LogP contribution in [0.2, 0.25) is 0 Å². The highest BCUT2D eigenvalue weighted by Crippen LogP contribution is 2.15. The molecule has 1 N–H and O–H groups in total. The molecule has 21 heavy (non-hydrogen) atoms. The van der Waals surface area contributed by atoms with Crippen LogP contribution in [0.1, 0.15) is 5.56 Å². The second-order valence-corrected chi connectivity index (χ2v) is 5.08. The number of rotatable bonds is 7. The summed E-state index contributed by atoms with van der Waals surface area (Å²) in [6.07, 6.45) is 2.63. The van der Waals surface area contributed by atoms with Crippen molar-refractivity contribution in [1.29, 1.82) is 0 Å². The zero-order valence-electron chi connectivity index (χ0n) is 11.3. The zero-order chi connectivity index (χ0) is 15.1. The molecule has 0 amide bonds. The van der Waals surface area contributed by atoms with Crippen LogP contribution in [-0.2, 0) is 11.8 Å². The summed E-state index contributed by atoms with van der Waals surface area (Å²) in [5.41, 5.74) is 0.810. The maximum atomic E-state index is 10.4. The molecular weight excluding hydrogens is 292 g/mol. The van der Waals surface area contributed by atoms with Gasteiger partial charge in [0.1, 0.15) is 5.75 Å². The number of benzene rings is 1. The first-order valence-electron chi connectivity index (χ1n) is 6.14. The largest absolute Gasteiger partial charge is 0.493 e. The summed E-state index contributed by atoms with van der Waals surface area (Å²) in [7, 11) is 1.78. The molecule has 0 aliphatic heterocycles. The summed E-state index contributed by atoms with van der Waals surface area (Å²) in [5.74, 6) is 0.499. The van der Waals surface area contributed by atoms with Gasteiger partial charge in [-0.2, -0.15) is 0 Å². The molecular formula is C13H14N4O3S. The number of carbonyl (C=O) groups is 1. The van der Waals surface area contributed by atoms with Gasteiger partial charge in [0.2, 0.25) is 5.16 Å². The number of hydrogen-bond donors (Lipinski definition) is 1. The van der Waals surface area contributed by atoms with Crippen LogP contribution < -0.4 is 4.74 Å². The van der Waals surface area contributed by atoms with Crippen LogP contribution in [0.5, 0.6) is 5.75 Å². The number of ether oxygens (including phenoxy) is 1. The van der Waals surface area contributed by atoms with Gasteiger partial charge in [0.05, 0.1) is 6.61 Å². The molecule has 0 fully saturated rings. The number of nitrogens with zero attached hydrogens (tertiary/aromatic N) is 4. The van der Waals surface area contributed by atoms with Crippen LogP contribution in [0.25, 0.3) is 6.08 Å². The van der Waals surface area contributed by atoms with E-state index < -0.39 is 5.97 Å². The van der Waals surface area contributed by atoms with Crippen LogP contribution in [0.3, 0.4) is 0 Å². The smallest absolute Gasteiger partial charge is 0.328 e. The highest BCUT2D eigenvalue weighted by Gasteiger charge is 2.02. The average molecular weight is 306 g/mol. The molecule has 1 aromatic carbocycles. The van der Waals surface area contributed by atoms with E-state index >= 15 is 0 Å². The Bertz CT molecular complexity index is 625. The van der Waals surface area contributed by atoms with Crippen molar-refractivity contribution in [2.45, 2.75) is 5.16 Å². The Morgan fingerprint density at radius 2 is 2.19 bits per heavy atom. The van der Waals surface area contributed by atoms with E-state index in [0.29, 0.717) is 6.61 Å². The van der Waals surface area contributed by atoms with Crippen molar-refractivity contribution >= 4 is 23.8 Å². The van der Waals surface area contributed by atoms with E-state index in [1.807, 2.05) is 0 Å². The Morgan fingerprint density at radius 1 is 1.43 bits per heavy atom. The van der Waals surface area contributed by atoms with E-state index in [9.17, 15) is 4.79 Å². The first kappa shape index (κ1) is 15.0. The number of aromatic nitrogens is 4. The summed E-state index contributed by atoms with van der Waals surface area (Å²) in [6, 6.07) is 7.20. The lowest BCUT2D eigenvalue weighted by atomic mass is 10.2. The Kier molecular flexibility index (Phi) is 5.33. The van der Waals surface area contributed by atoms with Crippen LogP contribution in [0, 0.1) is 0 Å². The maximum Gasteiger partial charge on any atom is 0.328 e. The van der Waals surface area contributed by atoms with Crippen LogP contribution in [0.15, 0.2) is 35.5 Å². The molecule has 2 rings (SSSR count). The predicted molar refractivity (Wildman–Crippen MR) is 78.1 cm³/mol. The molecule has 0 bridgehead atoms. The summed E-state index contributed by atoms with van der Waals surface area (Å²) >= 11 is 1.51. The molecule has 0 saturated carbocycles. The lowest BCUT2D eigenvalue weighted by Crippen LogP contribution is -2.02. The van der Waals surface area contributed by atoms with E-state index in [-0.39, 0.29) is 0 Å². The summed E-state index contributed by atoms with van der Waals surface area (Å²) < 4.78 is 7.19. The first-order valence-corrected chi connectivity index (χ1v) is 7.13. The van der Waals surface area contributed by atoms with Crippen LogP contribution >= 0.6 is 11.8 Å². The predicted octanol–water partition coefficient (Wildman–Crippen LogP) is 1.48. The lowest BCUT2D eigenvalue weighted by Gasteiger charge is -2.05. The van der Waals surface area contributed by atoms with Crippen molar-refractivity contribution in [3.8, 4) is 5.75 Å². The van der Waals surface area contributed by atoms with Crippen LogP contribution in [-0.4, -0.2) is 43.6 Å². The fraction of sp³-hybridized carbons (Fsp3) is 0.231. The van der Waals surface area contributed by atoms with E-state index in [4.69, 9.17) is 9.84 Å². The fourth-order valence-electron chi connectivity index (χ4n) is 1.48. The van der Waals surface area contributed by atoms with Gasteiger partial charge in [-0.15, -0.1) is 5.10 Å². The Hall–Kier alpha value is -2.35. The molecule has 0 saturated heterocycles. The van der Waals surface area contributed by atoms with Gasteiger partial charge in [-0.05, 0) is 34.2 Å². The van der Waals surface area contributed by atoms with Crippen molar-refractivity contribution in [3.05, 3.63) is 35.9 Å². The molecule has 8 heteroatoms. The molecule has 0 unspecified atom stereocenters. The van der Waals surface area contributed by atoms with E-state index in [0.717, 1.165) is 28.3 Å². The lowest BCUT2D eigenvalue weighted by molar-refractivity contribution is -0.131. The van der Waals surface area contributed by atoms with E-state index in [1.54, 1.807) is 36.0 Å². The molecule has 0 radical (unpaired) electrons. The number of tetrazole rings is 1. The van der Waals surface area contributed by atoms with Crippen molar-refractivity contribution in [3.63, 3.8) is 0 Å². The van der Waals surface area contributed by atoms with Gasteiger partial charge in [-0.25, -0.2) is 9.48 Å². The second kappa shape index (κ2) is 7.44. The number of carboxylic acid groups (broad SMARTS) is 1. The molecule has 110 valence electrons. The van der Waals surface area contributed by atoms with Crippen molar-refractivity contribution in [2.24, 2.45) is 7.05 Å². The fourth-order valence-corrected chi connectivity index (χ4v) is 2.15. The topological polar surface area (TPSA) is 90.1 Å². The third-order valence-electron chi connectivity index (χ3n) is 2.46. The minimum absolute atomic E-state index is 0.530. The third-order valence-corrected chi connectivity index (χ3v) is 3.44. The molecule has 7 nitrogen and oxygen atoms in total. The molecule has 2 aromatic rings. The Labute approximate surface area is 125 Å². The maximum absolute atomic E-state index is 10.4. The van der Waals surface area contributed by atoms with Crippen LogP contribution in [0.4, 0.5) is 0 Å².